The van der Waals surface area contributed by atoms with Crippen LogP contribution in [-0.4, -0.2) is 50.1 Å². The molecule has 0 radical (unpaired) electrons. The summed E-state index contributed by atoms with van der Waals surface area (Å²) >= 11 is 0. The Hall–Kier alpha value is -3.00. The highest BCUT2D eigenvalue weighted by Gasteiger charge is 2.25. The van der Waals surface area contributed by atoms with Gasteiger partial charge >= 0.3 is 0 Å². The highest BCUT2D eigenvalue weighted by atomic mass is 16.5. The SMILES string of the molecule is CCNC(=NCc1ccc(OC)c(NC(C)=O)c1)NCC(c1ccco1)N1CCCC1. The van der Waals surface area contributed by atoms with Gasteiger partial charge in [0.25, 0.3) is 0 Å². The van der Waals surface area contributed by atoms with E-state index in [2.05, 4.69) is 20.9 Å². The predicted molar refractivity (Wildman–Crippen MR) is 122 cm³/mol. The van der Waals surface area contributed by atoms with Crippen molar-refractivity contribution in [1.29, 1.82) is 0 Å². The van der Waals surface area contributed by atoms with E-state index in [1.165, 1.54) is 19.8 Å². The smallest absolute Gasteiger partial charge is 0.221 e. The Morgan fingerprint density at radius 2 is 2.06 bits per heavy atom. The van der Waals surface area contributed by atoms with Crippen LogP contribution in [0.15, 0.2) is 46.0 Å². The Bertz CT molecular complexity index is 860. The molecule has 0 spiro atoms. The van der Waals surface area contributed by atoms with Gasteiger partial charge in [-0.15, -0.1) is 0 Å². The van der Waals surface area contributed by atoms with Gasteiger partial charge in [0, 0.05) is 20.0 Å². The van der Waals surface area contributed by atoms with Gasteiger partial charge in [-0.1, -0.05) is 6.07 Å². The van der Waals surface area contributed by atoms with Crippen molar-refractivity contribution < 1.29 is 13.9 Å². The molecule has 1 unspecified atom stereocenters. The summed E-state index contributed by atoms with van der Waals surface area (Å²) in [4.78, 5) is 18.7. The highest BCUT2D eigenvalue weighted by Crippen LogP contribution is 2.26. The molecule has 1 saturated heterocycles. The number of methoxy groups -OCH3 is 1. The van der Waals surface area contributed by atoms with Crippen molar-refractivity contribution in [2.24, 2.45) is 4.99 Å². The summed E-state index contributed by atoms with van der Waals surface area (Å²) in [5.41, 5.74) is 1.62. The molecule has 0 bridgehead atoms. The van der Waals surface area contributed by atoms with Gasteiger partial charge in [0.2, 0.25) is 5.91 Å². The number of benzene rings is 1. The van der Waals surface area contributed by atoms with Gasteiger partial charge in [-0.25, -0.2) is 4.99 Å². The largest absolute Gasteiger partial charge is 0.495 e. The van der Waals surface area contributed by atoms with Crippen LogP contribution in [0.4, 0.5) is 5.69 Å². The van der Waals surface area contributed by atoms with Crippen molar-refractivity contribution in [3.05, 3.63) is 47.9 Å². The van der Waals surface area contributed by atoms with Crippen LogP contribution in [0.2, 0.25) is 0 Å². The predicted octanol–water partition coefficient (Wildman–Crippen LogP) is 3.14. The summed E-state index contributed by atoms with van der Waals surface area (Å²) in [6.07, 6.45) is 4.17. The van der Waals surface area contributed by atoms with Gasteiger partial charge in [0.15, 0.2) is 5.96 Å². The van der Waals surface area contributed by atoms with Crippen LogP contribution >= 0.6 is 0 Å². The molecule has 8 nitrogen and oxygen atoms in total. The van der Waals surface area contributed by atoms with Crippen molar-refractivity contribution in [2.75, 3.05) is 38.6 Å². The van der Waals surface area contributed by atoms with E-state index < -0.39 is 0 Å². The molecule has 1 aliphatic rings. The number of rotatable bonds is 9. The standard InChI is InChI=1S/C23H33N5O3/c1-4-24-23(25-15-18-9-10-21(30-3)19(14-18)27-17(2)29)26-16-20(22-8-7-13-31-22)28-11-5-6-12-28/h7-10,13-14,20H,4-6,11-12,15-16H2,1-3H3,(H,27,29)(H2,24,25,26). The fourth-order valence-corrected chi connectivity index (χ4v) is 3.79. The van der Waals surface area contributed by atoms with Crippen molar-refractivity contribution in [3.8, 4) is 5.75 Å². The molecule has 0 saturated carbocycles. The Morgan fingerprint density at radius 1 is 1.26 bits per heavy atom. The number of nitrogens with one attached hydrogen (secondary N) is 3. The first-order chi connectivity index (χ1) is 15.1. The lowest BCUT2D eigenvalue weighted by Crippen LogP contribution is -2.42. The zero-order valence-corrected chi connectivity index (χ0v) is 18.6. The molecule has 31 heavy (non-hydrogen) atoms. The molecular weight excluding hydrogens is 394 g/mol. The number of hydrogen-bond donors (Lipinski definition) is 3. The minimum absolute atomic E-state index is 0.139. The van der Waals surface area contributed by atoms with Crippen LogP contribution in [0.3, 0.4) is 0 Å². The highest BCUT2D eigenvalue weighted by molar-refractivity contribution is 5.90. The molecule has 1 fully saturated rings. The topological polar surface area (TPSA) is 91.1 Å². The summed E-state index contributed by atoms with van der Waals surface area (Å²) in [6.45, 7) is 7.63. The van der Waals surface area contributed by atoms with Crippen LogP contribution in [-0.2, 0) is 11.3 Å². The number of furan rings is 1. The van der Waals surface area contributed by atoms with E-state index in [1.807, 2.05) is 37.3 Å². The lowest BCUT2D eigenvalue weighted by molar-refractivity contribution is -0.114. The van der Waals surface area contributed by atoms with E-state index in [0.717, 1.165) is 36.9 Å². The third kappa shape index (κ3) is 6.49. The molecule has 2 heterocycles. The zero-order chi connectivity index (χ0) is 22.1. The first kappa shape index (κ1) is 22.7. The van der Waals surface area contributed by atoms with Gasteiger partial charge in [-0.3, -0.25) is 9.69 Å². The fraction of sp³-hybridized carbons (Fsp3) is 0.478. The summed E-state index contributed by atoms with van der Waals surface area (Å²) in [5.74, 6) is 2.20. The molecular formula is C23H33N5O3. The average Bonchev–Trinajstić information content (AvgIpc) is 3.47. The quantitative estimate of drug-likeness (QED) is 0.421. The molecule has 1 aliphatic heterocycles. The van der Waals surface area contributed by atoms with Crippen LogP contribution in [0.5, 0.6) is 5.75 Å². The molecule has 3 rings (SSSR count). The third-order valence-corrected chi connectivity index (χ3v) is 5.25. The lowest BCUT2D eigenvalue weighted by Gasteiger charge is -2.26. The van der Waals surface area contributed by atoms with Gasteiger partial charge in [-0.2, -0.15) is 0 Å². The molecule has 1 aromatic carbocycles. The first-order valence-corrected chi connectivity index (χ1v) is 10.8. The number of nitrogens with zero attached hydrogens (tertiary/aromatic N) is 2. The normalized spacial score (nSPS) is 15.5. The minimum atomic E-state index is -0.139. The number of carbonyl (C=O) groups excluding carboxylic acids is 1. The van der Waals surface area contributed by atoms with Crippen LogP contribution < -0.4 is 20.7 Å². The Labute approximate surface area is 184 Å². The summed E-state index contributed by atoms with van der Waals surface area (Å²) in [6, 6.07) is 9.84. The number of anilines is 1. The summed E-state index contributed by atoms with van der Waals surface area (Å²) in [5, 5.41) is 9.58. The number of amides is 1. The number of aliphatic imine (C=N–C) groups is 1. The second-order valence-electron chi connectivity index (χ2n) is 7.57. The van der Waals surface area contributed by atoms with E-state index in [9.17, 15) is 4.79 Å². The van der Waals surface area contributed by atoms with Gasteiger partial charge in [0.1, 0.15) is 11.5 Å². The molecule has 8 heteroatoms. The Morgan fingerprint density at radius 3 is 2.71 bits per heavy atom. The van der Waals surface area contributed by atoms with Gasteiger partial charge in [0.05, 0.1) is 31.6 Å². The minimum Gasteiger partial charge on any atom is -0.495 e. The molecule has 1 amide bonds. The third-order valence-electron chi connectivity index (χ3n) is 5.25. The van der Waals surface area contributed by atoms with E-state index in [1.54, 1.807) is 13.4 Å². The fourth-order valence-electron chi connectivity index (χ4n) is 3.79. The number of hydrogen-bond acceptors (Lipinski definition) is 5. The molecule has 168 valence electrons. The first-order valence-electron chi connectivity index (χ1n) is 10.8. The lowest BCUT2D eigenvalue weighted by atomic mass is 10.2. The van der Waals surface area contributed by atoms with Gasteiger partial charge < -0.3 is 25.1 Å². The summed E-state index contributed by atoms with van der Waals surface area (Å²) in [7, 11) is 1.58. The van der Waals surface area contributed by atoms with Crippen molar-refractivity contribution >= 4 is 17.6 Å². The van der Waals surface area contributed by atoms with Crippen molar-refractivity contribution in [1.82, 2.24) is 15.5 Å². The van der Waals surface area contributed by atoms with E-state index in [0.29, 0.717) is 24.5 Å². The maximum atomic E-state index is 11.5. The van der Waals surface area contributed by atoms with Crippen molar-refractivity contribution in [3.63, 3.8) is 0 Å². The molecule has 3 N–H and O–H groups in total. The van der Waals surface area contributed by atoms with Crippen molar-refractivity contribution in [2.45, 2.75) is 39.3 Å². The monoisotopic (exact) mass is 427 g/mol. The average molecular weight is 428 g/mol. The zero-order valence-electron chi connectivity index (χ0n) is 18.6. The number of guanidine groups is 1. The summed E-state index contributed by atoms with van der Waals surface area (Å²) < 4.78 is 11.0. The Balaban J connectivity index is 1.69. The van der Waals surface area contributed by atoms with Crippen LogP contribution in [0.25, 0.3) is 0 Å². The van der Waals surface area contributed by atoms with Crippen LogP contribution in [0.1, 0.15) is 44.1 Å². The molecule has 1 aromatic heterocycles. The van der Waals surface area contributed by atoms with E-state index >= 15 is 0 Å². The van der Waals surface area contributed by atoms with E-state index in [4.69, 9.17) is 14.1 Å². The maximum absolute atomic E-state index is 11.5. The maximum Gasteiger partial charge on any atom is 0.221 e. The van der Waals surface area contributed by atoms with E-state index in [-0.39, 0.29) is 11.9 Å². The number of likely N-dealkylation sites (tertiary alicyclic amines) is 1. The number of carbonyl (C=O) groups is 1. The second kappa shape index (κ2) is 11.4. The molecule has 1 atom stereocenters. The number of ether oxygens (including phenoxy) is 1. The second-order valence-corrected chi connectivity index (χ2v) is 7.57. The molecule has 2 aromatic rings. The Kier molecular flexibility index (Phi) is 8.35. The van der Waals surface area contributed by atoms with Gasteiger partial charge in [-0.05, 0) is 62.7 Å². The molecule has 0 aliphatic carbocycles. The van der Waals surface area contributed by atoms with Crippen LogP contribution in [0, 0.1) is 0 Å².